The van der Waals surface area contributed by atoms with Gasteiger partial charge in [0.1, 0.15) is 12.4 Å². The fraction of sp³-hybridized carbons (Fsp3) is 0.316. The maximum absolute atomic E-state index is 12.8. The second-order valence-corrected chi connectivity index (χ2v) is 6.60. The van der Waals surface area contributed by atoms with Crippen LogP contribution in [0.5, 0.6) is 11.5 Å². The van der Waals surface area contributed by atoms with E-state index in [-0.39, 0.29) is 28.9 Å². The van der Waals surface area contributed by atoms with E-state index in [9.17, 15) is 18.0 Å². The molecule has 0 heterocycles. The summed E-state index contributed by atoms with van der Waals surface area (Å²) in [5.41, 5.74) is -1.01. The van der Waals surface area contributed by atoms with Crippen molar-refractivity contribution in [2.75, 3.05) is 26.9 Å². The van der Waals surface area contributed by atoms with Gasteiger partial charge < -0.3 is 19.5 Å². The van der Waals surface area contributed by atoms with Crippen LogP contribution in [-0.4, -0.2) is 38.9 Å². The highest BCUT2D eigenvalue weighted by Gasteiger charge is 2.32. The molecule has 0 radical (unpaired) electrons. The molecule has 0 bridgehead atoms. The minimum atomic E-state index is -4.61. The smallest absolute Gasteiger partial charge is 0.416 e. The second kappa shape index (κ2) is 10.6. The quantitative estimate of drug-likeness (QED) is 0.566. The third-order valence-corrected chi connectivity index (χ3v) is 4.19. The summed E-state index contributed by atoms with van der Waals surface area (Å²) in [6.45, 7) is 0.200. The van der Waals surface area contributed by atoms with E-state index in [0.29, 0.717) is 24.5 Å². The number of carbonyl (C=O) groups excluding carboxylic acids is 1. The van der Waals surface area contributed by atoms with E-state index in [0.717, 1.165) is 0 Å². The largest absolute Gasteiger partial charge is 0.486 e. The van der Waals surface area contributed by atoms with Crippen LogP contribution in [0.4, 0.5) is 13.2 Å². The van der Waals surface area contributed by atoms with Crippen molar-refractivity contribution in [3.05, 3.63) is 58.1 Å². The van der Waals surface area contributed by atoms with Gasteiger partial charge in [-0.1, -0.05) is 41.4 Å². The number of para-hydroxylation sites is 1. The van der Waals surface area contributed by atoms with Crippen molar-refractivity contribution in [2.24, 2.45) is 0 Å². The molecule has 0 fully saturated rings. The lowest BCUT2D eigenvalue weighted by Gasteiger charge is -2.20. The van der Waals surface area contributed by atoms with Gasteiger partial charge in [0, 0.05) is 13.7 Å². The van der Waals surface area contributed by atoms with Gasteiger partial charge in [0.25, 0.3) is 5.91 Å². The first kappa shape index (κ1) is 23.1. The standard InChI is InChI=1S/C19H18Cl2F3NO4/c1-27-8-7-25-18(26)16(29-13-5-3-2-4-6-13)11-28-17-14(20)9-12(10-15(17)21)19(22,23)24/h2-6,9-10,16H,7-8,11H2,1H3,(H,25,26). The third kappa shape index (κ3) is 6.99. The molecule has 29 heavy (non-hydrogen) atoms. The highest BCUT2D eigenvalue weighted by atomic mass is 35.5. The number of hydrogen-bond acceptors (Lipinski definition) is 4. The van der Waals surface area contributed by atoms with Crippen LogP contribution in [0.1, 0.15) is 5.56 Å². The van der Waals surface area contributed by atoms with Gasteiger partial charge in [-0.2, -0.15) is 13.2 Å². The number of methoxy groups -OCH3 is 1. The number of benzene rings is 2. The summed E-state index contributed by atoms with van der Waals surface area (Å²) in [5, 5.41) is 1.95. The molecule has 2 aromatic rings. The SMILES string of the molecule is COCCNC(=O)C(COc1c(Cl)cc(C(F)(F)F)cc1Cl)Oc1ccccc1. The van der Waals surface area contributed by atoms with Gasteiger partial charge in [0.15, 0.2) is 5.75 Å². The van der Waals surface area contributed by atoms with E-state index in [1.807, 2.05) is 0 Å². The van der Waals surface area contributed by atoms with Crippen LogP contribution in [0.2, 0.25) is 10.0 Å². The lowest BCUT2D eigenvalue weighted by Crippen LogP contribution is -2.43. The highest BCUT2D eigenvalue weighted by molar-refractivity contribution is 6.37. The zero-order valence-electron chi connectivity index (χ0n) is 15.3. The Labute approximate surface area is 175 Å². The summed E-state index contributed by atoms with van der Waals surface area (Å²) in [6, 6.07) is 9.92. The molecule has 0 aliphatic rings. The van der Waals surface area contributed by atoms with E-state index in [2.05, 4.69) is 5.32 Å². The maximum atomic E-state index is 12.8. The van der Waals surface area contributed by atoms with E-state index in [1.165, 1.54) is 7.11 Å². The van der Waals surface area contributed by atoms with Gasteiger partial charge in [0.05, 0.1) is 22.2 Å². The molecule has 10 heteroatoms. The number of hydrogen-bond donors (Lipinski definition) is 1. The normalized spacial score (nSPS) is 12.3. The highest BCUT2D eigenvalue weighted by Crippen LogP contribution is 2.39. The van der Waals surface area contributed by atoms with Gasteiger partial charge in [-0.05, 0) is 24.3 Å². The van der Waals surface area contributed by atoms with E-state index in [1.54, 1.807) is 30.3 Å². The molecule has 2 rings (SSSR count). The van der Waals surface area contributed by atoms with Crippen molar-refractivity contribution in [2.45, 2.75) is 12.3 Å². The number of ether oxygens (including phenoxy) is 3. The van der Waals surface area contributed by atoms with E-state index in [4.69, 9.17) is 37.4 Å². The minimum absolute atomic E-state index is 0.173. The van der Waals surface area contributed by atoms with Crippen LogP contribution in [0.3, 0.4) is 0 Å². The average Bonchev–Trinajstić information content (AvgIpc) is 2.66. The molecule has 1 amide bonds. The van der Waals surface area contributed by atoms with Gasteiger partial charge >= 0.3 is 6.18 Å². The van der Waals surface area contributed by atoms with Crippen molar-refractivity contribution in [3.8, 4) is 11.5 Å². The number of rotatable bonds is 9. The van der Waals surface area contributed by atoms with Crippen molar-refractivity contribution in [1.29, 1.82) is 0 Å². The summed E-state index contributed by atoms with van der Waals surface area (Å²) >= 11 is 11.8. The predicted molar refractivity (Wildman–Crippen MR) is 103 cm³/mol. The Kier molecular flexibility index (Phi) is 8.43. The van der Waals surface area contributed by atoms with Gasteiger partial charge in [-0.15, -0.1) is 0 Å². The molecule has 1 atom stereocenters. The summed E-state index contributed by atoms with van der Waals surface area (Å²) in [6.07, 6.45) is -5.71. The van der Waals surface area contributed by atoms with Gasteiger partial charge in [-0.25, -0.2) is 0 Å². The first-order valence-corrected chi connectivity index (χ1v) is 9.15. The summed E-state index contributed by atoms with van der Waals surface area (Å²) in [7, 11) is 1.49. The van der Waals surface area contributed by atoms with Crippen LogP contribution in [0, 0.1) is 0 Å². The Bertz CT molecular complexity index is 796. The van der Waals surface area contributed by atoms with Crippen LogP contribution in [0.15, 0.2) is 42.5 Å². The first-order valence-electron chi connectivity index (χ1n) is 8.39. The number of nitrogens with one attached hydrogen (secondary N) is 1. The minimum Gasteiger partial charge on any atom is -0.486 e. The average molecular weight is 452 g/mol. The Morgan fingerprint density at radius 1 is 1.14 bits per heavy atom. The summed E-state index contributed by atoms with van der Waals surface area (Å²) < 4.78 is 54.5. The van der Waals surface area contributed by atoms with Gasteiger partial charge in [-0.3, -0.25) is 4.79 Å². The molecule has 1 N–H and O–H groups in total. The van der Waals surface area contributed by atoms with Crippen LogP contribution < -0.4 is 14.8 Å². The van der Waals surface area contributed by atoms with Crippen LogP contribution in [0.25, 0.3) is 0 Å². The topological polar surface area (TPSA) is 56.8 Å². The molecule has 1 unspecified atom stereocenters. The maximum Gasteiger partial charge on any atom is 0.416 e. The fourth-order valence-electron chi connectivity index (χ4n) is 2.24. The van der Waals surface area contributed by atoms with Crippen LogP contribution in [-0.2, 0) is 15.7 Å². The monoisotopic (exact) mass is 451 g/mol. The lowest BCUT2D eigenvalue weighted by molar-refractivity contribution is -0.137. The second-order valence-electron chi connectivity index (χ2n) is 5.78. The molecule has 0 saturated heterocycles. The van der Waals surface area contributed by atoms with Crippen molar-refractivity contribution in [3.63, 3.8) is 0 Å². The van der Waals surface area contributed by atoms with E-state index >= 15 is 0 Å². The molecule has 2 aromatic carbocycles. The number of alkyl halides is 3. The summed E-state index contributed by atoms with van der Waals surface area (Å²) in [4.78, 5) is 12.4. The molecular weight excluding hydrogens is 434 g/mol. The van der Waals surface area contributed by atoms with E-state index < -0.39 is 23.8 Å². The van der Waals surface area contributed by atoms with Crippen LogP contribution >= 0.6 is 23.2 Å². The lowest BCUT2D eigenvalue weighted by atomic mass is 10.2. The molecule has 0 aliphatic carbocycles. The molecule has 0 spiro atoms. The Morgan fingerprint density at radius 3 is 2.31 bits per heavy atom. The molecular formula is C19H18Cl2F3NO4. The third-order valence-electron chi connectivity index (χ3n) is 3.62. The first-order chi connectivity index (χ1) is 13.7. The van der Waals surface area contributed by atoms with Gasteiger partial charge in [0.2, 0.25) is 6.10 Å². The van der Waals surface area contributed by atoms with Crippen molar-refractivity contribution >= 4 is 29.1 Å². The molecule has 5 nitrogen and oxygen atoms in total. The Hall–Kier alpha value is -2.16. The molecule has 0 aromatic heterocycles. The zero-order chi connectivity index (χ0) is 21.4. The Balaban J connectivity index is 2.15. The fourth-order valence-corrected chi connectivity index (χ4v) is 2.83. The molecule has 158 valence electrons. The van der Waals surface area contributed by atoms with Crippen molar-refractivity contribution < 1.29 is 32.2 Å². The number of carbonyl (C=O) groups is 1. The molecule has 0 saturated carbocycles. The number of halogens is 5. The van der Waals surface area contributed by atoms with Crippen molar-refractivity contribution in [1.82, 2.24) is 5.32 Å². The number of amides is 1. The molecule has 0 aliphatic heterocycles. The Morgan fingerprint density at radius 2 is 1.76 bits per heavy atom. The zero-order valence-corrected chi connectivity index (χ0v) is 16.8. The summed E-state index contributed by atoms with van der Waals surface area (Å²) in [5.74, 6) is -0.259. The predicted octanol–water partition coefficient (Wildman–Crippen LogP) is 4.60.